The highest BCUT2D eigenvalue weighted by molar-refractivity contribution is 4.99. The Labute approximate surface area is 179 Å². The summed E-state index contributed by atoms with van der Waals surface area (Å²) in [5, 5.41) is 11.3. The normalized spacial score (nSPS) is 13.3. The number of hydrogen-bond acceptors (Lipinski definition) is 1. The van der Waals surface area contributed by atoms with Crippen LogP contribution in [0.15, 0.2) is 0 Å². The molecule has 0 heterocycles. The zero-order chi connectivity index (χ0) is 21.5. The minimum absolute atomic E-state index is 0.0687. The molecule has 0 unspecified atom stereocenters. The Morgan fingerprint density at radius 2 is 0.679 bits per heavy atom. The van der Waals surface area contributed by atoms with Gasteiger partial charge in [-0.3, -0.25) is 0 Å². The molecule has 0 aliphatic heterocycles. The van der Waals surface area contributed by atoms with Gasteiger partial charge >= 0.3 is 0 Å². The largest absolute Gasteiger partial charge is 0.389 e. The summed E-state index contributed by atoms with van der Waals surface area (Å²) < 4.78 is 0. The first-order chi connectivity index (χ1) is 13.1. The van der Waals surface area contributed by atoms with Crippen molar-refractivity contribution in [3.05, 3.63) is 0 Å². The van der Waals surface area contributed by atoms with Gasteiger partial charge in [-0.25, -0.2) is 0 Å². The lowest BCUT2D eigenvalue weighted by molar-refractivity contribution is -0.143. The summed E-state index contributed by atoms with van der Waals surface area (Å²) in [7, 11) is 0. The van der Waals surface area contributed by atoms with E-state index in [1.54, 1.807) is 0 Å². The van der Waals surface area contributed by atoms with Gasteiger partial charge < -0.3 is 5.11 Å². The molecule has 1 heteroatoms. The molecule has 0 fully saturated rings. The lowest BCUT2D eigenvalue weighted by atomic mass is 9.60. The summed E-state index contributed by atoms with van der Waals surface area (Å²) in [5.41, 5.74) is -0.725. The summed E-state index contributed by atoms with van der Waals surface area (Å²) in [6.07, 6.45) is 23.3. The van der Waals surface area contributed by atoms with Gasteiger partial charge in [0.1, 0.15) is 0 Å². The van der Waals surface area contributed by atoms with Crippen molar-refractivity contribution in [2.75, 3.05) is 0 Å². The zero-order valence-electron chi connectivity index (χ0n) is 21.0. The highest BCUT2D eigenvalue weighted by Crippen LogP contribution is 2.47. The molecule has 1 nitrogen and oxygen atoms in total. The third kappa shape index (κ3) is 11.8. The lowest BCUT2D eigenvalue weighted by Gasteiger charge is -2.50. The minimum Gasteiger partial charge on any atom is -0.389 e. The highest BCUT2D eigenvalue weighted by Gasteiger charge is 2.48. The molecular weight excluding hydrogens is 340 g/mol. The van der Waals surface area contributed by atoms with Crippen molar-refractivity contribution in [2.45, 2.75) is 163 Å². The number of aliphatic hydroxyl groups is 1. The van der Waals surface area contributed by atoms with Crippen molar-refractivity contribution >= 4 is 0 Å². The first-order valence-corrected chi connectivity index (χ1v) is 12.8. The number of hydrogen-bond donors (Lipinski definition) is 1. The smallest absolute Gasteiger partial charge is 0.0743 e. The van der Waals surface area contributed by atoms with Gasteiger partial charge in [-0.2, -0.15) is 0 Å². The predicted molar refractivity (Wildman–Crippen MR) is 128 cm³/mol. The van der Waals surface area contributed by atoms with E-state index < -0.39 is 5.60 Å². The first kappa shape index (κ1) is 28.0. The monoisotopic (exact) mass is 396 g/mol. The summed E-state index contributed by atoms with van der Waals surface area (Å²) in [6.45, 7) is 15.4. The van der Waals surface area contributed by atoms with E-state index in [-0.39, 0.29) is 10.8 Å². The molecule has 170 valence electrons. The standard InChI is InChI=1S/C27H56O/c1-8-9-10-11-12-13-14-15-16-17-18-19-20-21-22-23-24-27(28,25(2,3)4)26(5,6)7/h28H,8-24H2,1-7H3. The average Bonchev–Trinajstić information content (AvgIpc) is 2.59. The quantitative estimate of drug-likeness (QED) is 0.243. The van der Waals surface area contributed by atoms with Crippen LogP contribution in [-0.2, 0) is 0 Å². The van der Waals surface area contributed by atoms with Crippen LogP contribution < -0.4 is 0 Å². The Morgan fingerprint density at radius 1 is 0.429 bits per heavy atom. The van der Waals surface area contributed by atoms with Crippen LogP contribution in [0.4, 0.5) is 0 Å². The van der Waals surface area contributed by atoms with E-state index >= 15 is 0 Å². The third-order valence-corrected chi connectivity index (χ3v) is 6.87. The molecule has 0 aliphatic carbocycles. The van der Waals surface area contributed by atoms with E-state index in [2.05, 4.69) is 48.5 Å². The van der Waals surface area contributed by atoms with Crippen LogP contribution in [0.3, 0.4) is 0 Å². The van der Waals surface area contributed by atoms with Crippen molar-refractivity contribution in [3.8, 4) is 0 Å². The Morgan fingerprint density at radius 3 is 0.929 bits per heavy atom. The minimum atomic E-state index is -0.587. The first-order valence-electron chi connectivity index (χ1n) is 12.8. The summed E-state index contributed by atoms with van der Waals surface area (Å²) in [6, 6.07) is 0. The molecular formula is C27H56O. The molecule has 28 heavy (non-hydrogen) atoms. The fourth-order valence-corrected chi connectivity index (χ4v) is 4.80. The van der Waals surface area contributed by atoms with Crippen LogP contribution in [0.1, 0.15) is 158 Å². The topological polar surface area (TPSA) is 20.2 Å². The van der Waals surface area contributed by atoms with E-state index in [0.717, 1.165) is 12.8 Å². The summed E-state index contributed by atoms with van der Waals surface area (Å²) in [4.78, 5) is 0. The van der Waals surface area contributed by atoms with E-state index in [1.807, 2.05) is 0 Å². The second-order valence-electron chi connectivity index (χ2n) is 11.4. The molecule has 0 aromatic rings. The number of rotatable bonds is 17. The van der Waals surface area contributed by atoms with Gasteiger partial charge in [0, 0.05) is 0 Å². The van der Waals surface area contributed by atoms with Crippen LogP contribution in [0.2, 0.25) is 0 Å². The Kier molecular flexibility index (Phi) is 14.8. The number of unbranched alkanes of at least 4 members (excludes halogenated alkanes) is 15. The van der Waals surface area contributed by atoms with Crippen LogP contribution in [0.25, 0.3) is 0 Å². The van der Waals surface area contributed by atoms with Gasteiger partial charge in [-0.05, 0) is 17.3 Å². The van der Waals surface area contributed by atoms with Crippen molar-refractivity contribution in [1.29, 1.82) is 0 Å². The molecule has 0 rings (SSSR count). The molecule has 0 atom stereocenters. The molecule has 0 aliphatic rings. The molecule has 1 N–H and O–H groups in total. The van der Waals surface area contributed by atoms with E-state index in [4.69, 9.17) is 0 Å². The molecule has 0 saturated heterocycles. The van der Waals surface area contributed by atoms with E-state index in [0.29, 0.717) is 0 Å². The summed E-state index contributed by atoms with van der Waals surface area (Å²) in [5.74, 6) is 0. The van der Waals surface area contributed by atoms with Crippen molar-refractivity contribution in [1.82, 2.24) is 0 Å². The Hall–Kier alpha value is -0.0400. The van der Waals surface area contributed by atoms with Crippen molar-refractivity contribution < 1.29 is 5.11 Å². The van der Waals surface area contributed by atoms with Crippen LogP contribution >= 0.6 is 0 Å². The second-order valence-corrected chi connectivity index (χ2v) is 11.4. The van der Waals surface area contributed by atoms with Gasteiger partial charge in [0.15, 0.2) is 0 Å². The highest BCUT2D eigenvalue weighted by atomic mass is 16.3. The molecule has 0 spiro atoms. The van der Waals surface area contributed by atoms with Gasteiger partial charge in [-0.1, -0.05) is 151 Å². The van der Waals surface area contributed by atoms with Crippen LogP contribution in [-0.4, -0.2) is 10.7 Å². The maximum atomic E-state index is 11.3. The van der Waals surface area contributed by atoms with Gasteiger partial charge in [0.2, 0.25) is 0 Å². The van der Waals surface area contributed by atoms with Crippen LogP contribution in [0.5, 0.6) is 0 Å². The SMILES string of the molecule is CCCCCCCCCCCCCCCCCCC(O)(C(C)(C)C)C(C)(C)C. The summed E-state index contributed by atoms with van der Waals surface area (Å²) >= 11 is 0. The average molecular weight is 397 g/mol. The van der Waals surface area contributed by atoms with Gasteiger partial charge in [-0.15, -0.1) is 0 Å². The van der Waals surface area contributed by atoms with Gasteiger partial charge in [0.25, 0.3) is 0 Å². The van der Waals surface area contributed by atoms with Gasteiger partial charge in [0.05, 0.1) is 5.60 Å². The van der Waals surface area contributed by atoms with Crippen molar-refractivity contribution in [3.63, 3.8) is 0 Å². The lowest BCUT2D eigenvalue weighted by Crippen LogP contribution is -2.53. The molecule has 0 bridgehead atoms. The van der Waals surface area contributed by atoms with E-state index in [1.165, 1.54) is 96.3 Å². The van der Waals surface area contributed by atoms with Crippen LogP contribution in [0, 0.1) is 10.8 Å². The Balaban J connectivity index is 3.55. The second kappa shape index (κ2) is 14.9. The molecule has 0 aromatic carbocycles. The molecule has 0 saturated carbocycles. The fourth-order valence-electron chi connectivity index (χ4n) is 4.80. The fraction of sp³-hybridized carbons (Fsp3) is 1.00. The van der Waals surface area contributed by atoms with Crippen molar-refractivity contribution in [2.24, 2.45) is 10.8 Å². The third-order valence-electron chi connectivity index (χ3n) is 6.87. The Bertz CT molecular complexity index is 330. The maximum Gasteiger partial charge on any atom is 0.0743 e. The molecule has 0 radical (unpaired) electrons. The molecule has 0 amide bonds. The van der Waals surface area contributed by atoms with E-state index in [9.17, 15) is 5.11 Å². The predicted octanol–water partition coefficient (Wildman–Crippen LogP) is 9.46. The maximum absolute atomic E-state index is 11.3. The molecule has 0 aromatic heterocycles. The zero-order valence-corrected chi connectivity index (χ0v) is 21.0.